The molecule has 0 unspecified atom stereocenters. The van der Waals surface area contributed by atoms with Gasteiger partial charge in [0.25, 0.3) is 0 Å². The van der Waals surface area contributed by atoms with E-state index in [0.29, 0.717) is 13.0 Å². The summed E-state index contributed by atoms with van der Waals surface area (Å²) >= 11 is 0. The van der Waals surface area contributed by atoms with E-state index in [0.717, 1.165) is 43.1 Å². The second kappa shape index (κ2) is 8.27. The van der Waals surface area contributed by atoms with E-state index in [1.165, 1.54) is 0 Å². The molecular formula is C18H22F2N4O2. The zero-order chi connectivity index (χ0) is 18.5. The summed E-state index contributed by atoms with van der Waals surface area (Å²) in [4.78, 5) is 13.6. The highest BCUT2D eigenvalue weighted by atomic mass is 19.3. The van der Waals surface area contributed by atoms with E-state index in [1.807, 2.05) is 17.7 Å². The molecule has 3 rings (SSSR count). The van der Waals surface area contributed by atoms with E-state index < -0.39 is 6.61 Å². The summed E-state index contributed by atoms with van der Waals surface area (Å²) in [5.74, 6) is 0.177. The molecular weight excluding hydrogens is 342 g/mol. The maximum atomic E-state index is 12.2. The largest absolute Gasteiger partial charge is 0.435 e. The Kier molecular flexibility index (Phi) is 5.82. The fourth-order valence-electron chi connectivity index (χ4n) is 2.95. The Morgan fingerprint density at radius 1 is 1.31 bits per heavy atom. The number of alkyl halides is 2. The van der Waals surface area contributed by atoms with Crippen LogP contribution in [0.1, 0.15) is 30.3 Å². The minimum atomic E-state index is -2.81. The Hall–Kier alpha value is -2.48. The summed E-state index contributed by atoms with van der Waals surface area (Å²) in [6.45, 7) is 2.57. The molecule has 0 atom stereocenters. The standard InChI is InChI=1S/C18H22F2N4O2/c1-2-17(25)21-10-14-9-15-12-23(7-8-24(15)22-14)11-13-3-5-16(6-4-13)26-18(19)20/h3-6,9,18H,2,7-8,10-12H2,1H3,(H,21,25). The van der Waals surface area contributed by atoms with Gasteiger partial charge in [-0.2, -0.15) is 13.9 Å². The number of nitrogens with one attached hydrogen (secondary N) is 1. The van der Waals surface area contributed by atoms with E-state index in [4.69, 9.17) is 0 Å². The van der Waals surface area contributed by atoms with Crippen LogP contribution in [0.5, 0.6) is 5.75 Å². The fraction of sp³-hybridized carbons (Fsp3) is 0.444. The topological polar surface area (TPSA) is 59.4 Å². The first-order valence-corrected chi connectivity index (χ1v) is 8.62. The van der Waals surface area contributed by atoms with Gasteiger partial charge in [-0.25, -0.2) is 0 Å². The molecule has 6 nitrogen and oxygen atoms in total. The number of halogens is 2. The summed E-state index contributed by atoms with van der Waals surface area (Å²) in [7, 11) is 0. The lowest BCUT2D eigenvalue weighted by atomic mass is 10.2. The van der Waals surface area contributed by atoms with Crippen LogP contribution >= 0.6 is 0 Å². The minimum Gasteiger partial charge on any atom is -0.435 e. The van der Waals surface area contributed by atoms with E-state index >= 15 is 0 Å². The van der Waals surface area contributed by atoms with Crippen molar-refractivity contribution in [2.75, 3.05) is 6.54 Å². The summed E-state index contributed by atoms with van der Waals surface area (Å²) in [6, 6.07) is 8.74. The van der Waals surface area contributed by atoms with Gasteiger partial charge in [0.05, 0.1) is 24.5 Å². The Morgan fingerprint density at radius 2 is 2.08 bits per heavy atom. The predicted molar refractivity (Wildman–Crippen MR) is 91.6 cm³/mol. The van der Waals surface area contributed by atoms with Crippen molar-refractivity contribution in [1.29, 1.82) is 0 Å². The molecule has 0 radical (unpaired) electrons. The van der Waals surface area contributed by atoms with Crippen molar-refractivity contribution in [3.63, 3.8) is 0 Å². The van der Waals surface area contributed by atoms with Gasteiger partial charge in [0.2, 0.25) is 5.91 Å². The molecule has 1 aromatic heterocycles. The highest BCUT2D eigenvalue weighted by molar-refractivity contribution is 5.75. The molecule has 2 aromatic rings. The van der Waals surface area contributed by atoms with Crippen molar-refractivity contribution in [2.45, 2.75) is 46.1 Å². The summed E-state index contributed by atoms with van der Waals surface area (Å²) in [5, 5.41) is 7.36. The molecule has 1 aliphatic rings. The SMILES string of the molecule is CCC(=O)NCc1cc2n(n1)CCN(Cc1ccc(OC(F)F)cc1)C2. The van der Waals surface area contributed by atoms with Gasteiger partial charge in [0.15, 0.2) is 0 Å². The number of benzene rings is 1. The second-order valence-corrected chi connectivity index (χ2v) is 6.21. The lowest BCUT2D eigenvalue weighted by molar-refractivity contribution is -0.120. The van der Waals surface area contributed by atoms with Crippen LogP contribution in [0.2, 0.25) is 0 Å². The zero-order valence-electron chi connectivity index (χ0n) is 14.6. The van der Waals surface area contributed by atoms with E-state index in [9.17, 15) is 13.6 Å². The summed E-state index contributed by atoms with van der Waals surface area (Å²) in [6.07, 6.45) is 0.461. The number of nitrogens with zero attached hydrogens (tertiary/aromatic N) is 3. The molecule has 1 aromatic carbocycles. The Bertz CT molecular complexity index is 746. The monoisotopic (exact) mass is 364 g/mol. The first kappa shape index (κ1) is 18.3. The van der Waals surface area contributed by atoms with Gasteiger partial charge in [-0.3, -0.25) is 14.4 Å². The van der Waals surface area contributed by atoms with Gasteiger partial charge < -0.3 is 10.1 Å². The van der Waals surface area contributed by atoms with E-state index in [-0.39, 0.29) is 11.7 Å². The lowest BCUT2D eigenvalue weighted by Crippen LogP contribution is -2.33. The third-order valence-corrected chi connectivity index (χ3v) is 4.27. The van der Waals surface area contributed by atoms with Crippen LogP contribution in [0.15, 0.2) is 30.3 Å². The number of carbonyl (C=O) groups is 1. The van der Waals surface area contributed by atoms with E-state index in [2.05, 4.69) is 20.1 Å². The van der Waals surface area contributed by atoms with Crippen LogP contribution in [0, 0.1) is 0 Å². The number of ether oxygens (including phenoxy) is 1. The van der Waals surface area contributed by atoms with Gasteiger partial charge in [-0.15, -0.1) is 0 Å². The first-order chi connectivity index (χ1) is 12.5. The average Bonchev–Trinajstić information content (AvgIpc) is 3.03. The number of hydrogen-bond acceptors (Lipinski definition) is 4. The molecule has 2 heterocycles. The highest BCUT2D eigenvalue weighted by Crippen LogP contribution is 2.19. The molecule has 0 saturated carbocycles. The quantitative estimate of drug-likeness (QED) is 0.820. The number of hydrogen-bond donors (Lipinski definition) is 1. The Labute approximate surface area is 150 Å². The average molecular weight is 364 g/mol. The van der Waals surface area contributed by atoms with Crippen LogP contribution in [-0.4, -0.2) is 33.7 Å². The molecule has 0 fully saturated rings. The van der Waals surface area contributed by atoms with Crippen molar-refractivity contribution in [2.24, 2.45) is 0 Å². The first-order valence-electron chi connectivity index (χ1n) is 8.62. The zero-order valence-corrected chi connectivity index (χ0v) is 14.6. The van der Waals surface area contributed by atoms with Crippen molar-refractivity contribution in [3.05, 3.63) is 47.3 Å². The molecule has 0 spiro atoms. The third-order valence-electron chi connectivity index (χ3n) is 4.27. The van der Waals surface area contributed by atoms with Crippen molar-refractivity contribution in [3.8, 4) is 5.75 Å². The lowest BCUT2D eigenvalue weighted by Gasteiger charge is -2.27. The Balaban J connectivity index is 1.56. The van der Waals surface area contributed by atoms with Crippen LogP contribution in [0.3, 0.4) is 0 Å². The number of rotatable bonds is 7. The third kappa shape index (κ3) is 4.78. The molecule has 1 N–H and O–H groups in total. The van der Waals surface area contributed by atoms with Crippen molar-refractivity contribution < 1.29 is 18.3 Å². The molecule has 1 amide bonds. The maximum Gasteiger partial charge on any atom is 0.387 e. The highest BCUT2D eigenvalue weighted by Gasteiger charge is 2.18. The van der Waals surface area contributed by atoms with Crippen molar-refractivity contribution in [1.82, 2.24) is 20.0 Å². The number of fused-ring (bicyclic) bond motifs is 1. The Morgan fingerprint density at radius 3 is 2.77 bits per heavy atom. The van der Waals surface area contributed by atoms with Gasteiger partial charge in [-0.05, 0) is 23.8 Å². The molecule has 26 heavy (non-hydrogen) atoms. The maximum absolute atomic E-state index is 12.2. The molecule has 8 heteroatoms. The van der Waals surface area contributed by atoms with Crippen LogP contribution in [0.25, 0.3) is 0 Å². The molecule has 1 aliphatic heterocycles. The van der Waals surface area contributed by atoms with Gasteiger partial charge >= 0.3 is 6.61 Å². The second-order valence-electron chi connectivity index (χ2n) is 6.21. The van der Waals surface area contributed by atoms with Gasteiger partial charge in [-0.1, -0.05) is 19.1 Å². The molecule has 140 valence electrons. The summed E-state index contributed by atoms with van der Waals surface area (Å²) in [5.41, 5.74) is 3.00. The molecule has 0 saturated heterocycles. The fourth-order valence-corrected chi connectivity index (χ4v) is 2.95. The van der Waals surface area contributed by atoms with Crippen LogP contribution in [0.4, 0.5) is 8.78 Å². The number of aromatic nitrogens is 2. The molecule has 0 bridgehead atoms. The normalized spacial score (nSPS) is 14.3. The minimum absolute atomic E-state index is 0.0110. The molecule has 0 aliphatic carbocycles. The smallest absolute Gasteiger partial charge is 0.387 e. The van der Waals surface area contributed by atoms with Crippen LogP contribution < -0.4 is 10.1 Å². The van der Waals surface area contributed by atoms with Gasteiger partial charge in [0.1, 0.15) is 5.75 Å². The predicted octanol–water partition coefficient (Wildman–Crippen LogP) is 2.53. The van der Waals surface area contributed by atoms with E-state index in [1.54, 1.807) is 24.3 Å². The van der Waals surface area contributed by atoms with Crippen LogP contribution in [-0.2, 0) is 31.0 Å². The summed E-state index contributed by atoms with van der Waals surface area (Å²) < 4.78 is 30.7. The van der Waals surface area contributed by atoms with Gasteiger partial charge in [0, 0.05) is 26.1 Å². The number of carbonyl (C=O) groups excluding carboxylic acids is 1. The number of amides is 1. The van der Waals surface area contributed by atoms with Crippen molar-refractivity contribution >= 4 is 5.91 Å².